The third-order valence-corrected chi connectivity index (χ3v) is 6.05. The zero-order chi connectivity index (χ0) is 25.2. The summed E-state index contributed by atoms with van der Waals surface area (Å²) in [6.45, 7) is 0. The Kier molecular flexibility index (Phi) is 6.04. The van der Waals surface area contributed by atoms with Crippen molar-refractivity contribution in [1.82, 2.24) is 10.3 Å². The van der Waals surface area contributed by atoms with Gasteiger partial charge in [0.15, 0.2) is 0 Å². The highest BCUT2D eigenvalue weighted by atomic mass is 19.1. The monoisotopic (exact) mass is 479 g/mol. The Hall–Kier alpha value is -4.78. The molecule has 0 aliphatic heterocycles. The van der Waals surface area contributed by atoms with E-state index >= 15 is 0 Å². The van der Waals surface area contributed by atoms with Gasteiger partial charge in [-0.15, -0.1) is 0 Å². The lowest BCUT2D eigenvalue weighted by Gasteiger charge is -2.17. The van der Waals surface area contributed by atoms with Gasteiger partial charge in [-0.3, -0.25) is 14.6 Å². The molecule has 0 aliphatic rings. The van der Waals surface area contributed by atoms with Crippen molar-refractivity contribution in [3.8, 4) is 22.5 Å². The number of nitrogens with one attached hydrogen (secondary N) is 1. The molecule has 5 rings (SSSR count). The summed E-state index contributed by atoms with van der Waals surface area (Å²) >= 11 is 0. The number of aromatic nitrogens is 1. The molecule has 0 spiro atoms. The maximum Gasteiger partial charge on any atom is 0.258 e. The van der Waals surface area contributed by atoms with Crippen LogP contribution in [0.3, 0.4) is 0 Å². The van der Waals surface area contributed by atoms with Gasteiger partial charge in [0.25, 0.3) is 11.8 Å². The summed E-state index contributed by atoms with van der Waals surface area (Å²) in [6.07, 6.45) is 3.28. The molecule has 1 N–H and O–H groups in total. The van der Waals surface area contributed by atoms with E-state index in [9.17, 15) is 14.0 Å². The molecular formula is C29H22FN3O3. The first-order valence-corrected chi connectivity index (χ1v) is 11.3. The Bertz CT molecular complexity index is 1580. The van der Waals surface area contributed by atoms with Crippen molar-refractivity contribution < 1.29 is 18.4 Å². The number of benzene rings is 3. The van der Waals surface area contributed by atoms with E-state index in [2.05, 4.69) is 10.3 Å². The molecule has 2 aromatic heterocycles. The van der Waals surface area contributed by atoms with Gasteiger partial charge < -0.3 is 14.6 Å². The predicted octanol–water partition coefficient (Wildman–Crippen LogP) is 5.94. The fraction of sp³-hybridized carbons (Fsp3) is 0.0690. The van der Waals surface area contributed by atoms with Crippen LogP contribution < -0.4 is 10.2 Å². The predicted molar refractivity (Wildman–Crippen MR) is 137 cm³/mol. The molecule has 0 saturated heterocycles. The second-order valence-corrected chi connectivity index (χ2v) is 8.25. The number of halogens is 1. The van der Waals surface area contributed by atoms with Crippen molar-refractivity contribution in [1.29, 1.82) is 0 Å². The van der Waals surface area contributed by atoms with Gasteiger partial charge in [0.2, 0.25) is 0 Å². The highest BCUT2D eigenvalue weighted by molar-refractivity contribution is 6.12. The van der Waals surface area contributed by atoms with Crippen LogP contribution in [0.4, 0.5) is 10.1 Å². The second-order valence-electron chi connectivity index (χ2n) is 8.25. The number of hydrogen-bond donors (Lipinski definition) is 1. The fourth-order valence-corrected chi connectivity index (χ4v) is 4.14. The summed E-state index contributed by atoms with van der Waals surface area (Å²) in [5.41, 5.74) is 4.39. The normalized spacial score (nSPS) is 10.9. The molecule has 7 heteroatoms. The number of amides is 2. The lowest BCUT2D eigenvalue weighted by molar-refractivity contribution is 0.0962. The number of carbonyl (C=O) groups is 2. The topological polar surface area (TPSA) is 75.4 Å². The van der Waals surface area contributed by atoms with E-state index in [-0.39, 0.29) is 17.6 Å². The Morgan fingerprint density at radius 3 is 2.31 bits per heavy atom. The summed E-state index contributed by atoms with van der Waals surface area (Å²) < 4.78 is 19.5. The third kappa shape index (κ3) is 4.22. The van der Waals surface area contributed by atoms with E-state index in [1.54, 1.807) is 67.8 Å². The van der Waals surface area contributed by atoms with Crippen molar-refractivity contribution in [2.75, 3.05) is 19.0 Å². The number of pyridine rings is 1. The number of anilines is 1. The van der Waals surface area contributed by atoms with Crippen LogP contribution in [-0.4, -0.2) is 30.9 Å². The number of furan rings is 1. The third-order valence-electron chi connectivity index (χ3n) is 6.05. The van der Waals surface area contributed by atoms with Crippen LogP contribution in [0.1, 0.15) is 20.7 Å². The number of nitrogens with zero attached hydrogens (tertiary/aromatic N) is 2. The lowest BCUT2D eigenvalue weighted by atomic mass is 9.98. The van der Waals surface area contributed by atoms with Crippen LogP contribution in [0.15, 0.2) is 95.7 Å². The minimum absolute atomic E-state index is 0.155. The van der Waals surface area contributed by atoms with E-state index < -0.39 is 0 Å². The minimum Gasteiger partial charge on any atom is -0.455 e. The van der Waals surface area contributed by atoms with Gasteiger partial charge in [-0.2, -0.15) is 0 Å². The van der Waals surface area contributed by atoms with Crippen molar-refractivity contribution in [3.63, 3.8) is 0 Å². The molecule has 2 heterocycles. The summed E-state index contributed by atoms with van der Waals surface area (Å²) in [6, 6.07) is 22.2. The van der Waals surface area contributed by atoms with Gasteiger partial charge in [0.1, 0.15) is 17.2 Å². The van der Waals surface area contributed by atoms with Crippen molar-refractivity contribution in [2.45, 2.75) is 0 Å². The van der Waals surface area contributed by atoms with E-state index in [0.29, 0.717) is 33.4 Å². The molecule has 0 radical (unpaired) electrons. The molecule has 178 valence electrons. The minimum atomic E-state index is -0.373. The first-order valence-electron chi connectivity index (χ1n) is 11.3. The molecule has 0 unspecified atom stereocenters. The summed E-state index contributed by atoms with van der Waals surface area (Å²) in [4.78, 5) is 31.5. The van der Waals surface area contributed by atoms with E-state index in [0.717, 1.165) is 16.8 Å². The average molecular weight is 480 g/mol. The van der Waals surface area contributed by atoms with E-state index in [1.165, 1.54) is 12.1 Å². The molecule has 2 amide bonds. The maximum atomic E-state index is 13.5. The largest absolute Gasteiger partial charge is 0.455 e. The molecule has 6 nitrogen and oxygen atoms in total. The molecule has 0 aliphatic carbocycles. The molecule has 5 aromatic rings. The highest BCUT2D eigenvalue weighted by Crippen LogP contribution is 2.36. The van der Waals surface area contributed by atoms with Crippen LogP contribution in [0.25, 0.3) is 33.4 Å². The number of hydrogen-bond acceptors (Lipinski definition) is 4. The molecule has 0 fully saturated rings. The van der Waals surface area contributed by atoms with Crippen LogP contribution in [0.2, 0.25) is 0 Å². The Morgan fingerprint density at radius 1 is 0.889 bits per heavy atom. The first kappa shape index (κ1) is 23.0. The molecular weight excluding hydrogens is 457 g/mol. The van der Waals surface area contributed by atoms with E-state index in [1.807, 2.05) is 30.3 Å². The second kappa shape index (κ2) is 9.46. The Labute approximate surface area is 207 Å². The van der Waals surface area contributed by atoms with E-state index in [4.69, 9.17) is 4.42 Å². The zero-order valence-corrected chi connectivity index (χ0v) is 19.7. The Balaban J connectivity index is 1.57. The number of carbonyl (C=O) groups excluding carboxylic acids is 2. The van der Waals surface area contributed by atoms with Gasteiger partial charge in [0, 0.05) is 48.7 Å². The number of rotatable bonds is 5. The first-order chi connectivity index (χ1) is 17.5. The quantitative estimate of drug-likeness (QED) is 0.339. The average Bonchev–Trinajstić information content (AvgIpc) is 3.31. The van der Waals surface area contributed by atoms with Crippen LogP contribution in [0, 0.1) is 5.82 Å². The van der Waals surface area contributed by atoms with Gasteiger partial charge in [-0.05, 0) is 71.8 Å². The van der Waals surface area contributed by atoms with Crippen LogP contribution in [0.5, 0.6) is 0 Å². The SMILES string of the molecule is CNC(=O)c1c(-c2ccc(F)cc2)oc2ccc(-c3cccc(C(=O)N(C)c4ccncc4)c3)cc12. The smallest absolute Gasteiger partial charge is 0.258 e. The van der Waals surface area contributed by atoms with Crippen molar-refractivity contribution >= 4 is 28.5 Å². The molecule has 36 heavy (non-hydrogen) atoms. The van der Waals surface area contributed by atoms with Crippen LogP contribution >= 0.6 is 0 Å². The van der Waals surface area contributed by atoms with Crippen molar-refractivity contribution in [2.24, 2.45) is 0 Å². The standard InChI is InChI=1S/C29H22FN3O3/c1-31-28(34)26-24-17-20(8-11-25(24)36-27(26)18-6-9-22(30)10-7-18)19-4-3-5-21(16-19)29(35)33(2)23-12-14-32-15-13-23/h3-17H,1-2H3,(H,31,34). The summed E-state index contributed by atoms with van der Waals surface area (Å²) in [5, 5.41) is 3.29. The molecule has 3 aromatic carbocycles. The van der Waals surface area contributed by atoms with Gasteiger partial charge in [-0.1, -0.05) is 18.2 Å². The Morgan fingerprint density at radius 2 is 1.58 bits per heavy atom. The fourth-order valence-electron chi connectivity index (χ4n) is 4.14. The zero-order valence-electron chi connectivity index (χ0n) is 19.7. The summed E-state index contributed by atoms with van der Waals surface area (Å²) in [5.74, 6) is -0.475. The lowest BCUT2D eigenvalue weighted by Crippen LogP contribution is -2.26. The van der Waals surface area contributed by atoms with Crippen molar-refractivity contribution in [3.05, 3.63) is 108 Å². The van der Waals surface area contributed by atoms with Gasteiger partial charge in [0.05, 0.1) is 5.56 Å². The van der Waals surface area contributed by atoms with Crippen LogP contribution in [-0.2, 0) is 0 Å². The van der Waals surface area contributed by atoms with Gasteiger partial charge in [-0.25, -0.2) is 4.39 Å². The maximum absolute atomic E-state index is 13.5. The highest BCUT2D eigenvalue weighted by Gasteiger charge is 2.22. The number of fused-ring (bicyclic) bond motifs is 1. The van der Waals surface area contributed by atoms with Gasteiger partial charge >= 0.3 is 0 Å². The molecule has 0 atom stereocenters. The summed E-state index contributed by atoms with van der Waals surface area (Å²) in [7, 11) is 3.27. The molecule has 0 saturated carbocycles. The molecule has 0 bridgehead atoms.